The fourth-order valence-corrected chi connectivity index (χ4v) is 1.64. The summed E-state index contributed by atoms with van der Waals surface area (Å²) in [6, 6.07) is 9.16. The minimum atomic E-state index is -0.0953. The summed E-state index contributed by atoms with van der Waals surface area (Å²) in [4.78, 5) is 11.9. The highest BCUT2D eigenvalue weighted by molar-refractivity contribution is 6.06. The minimum Gasteiger partial charge on any atom is -0.289 e. The maximum atomic E-state index is 11.9. The average molecular weight is 251 g/mol. The van der Waals surface area contributed by atoms with E-state index in [9.17, 15) is 4.79 Å². The summed E-state index contributed by atoms with van der Waals surface area (Å²) >= 11 is 0. The second kappa shape index (κ2) is 5.78. The second-order valence-electron chi connectivity index (χ2n) is 4.02. The van der Waals surface area contributed by atoms with Crippen LogP contribution in [0.15, 0.2) is 42.7 Å². The number of aromatic nitrogens is 2. The van der Waals surface area contributed by atoms with Gasteiger partial charge in [-0.1, -0.05) is 18.2 Å². The van der Waals surface area contributed by atoms with E-state index in [1.807, 2.05) is 13.0 Å². The zero-order valence-corrected chi connectivity index (χ0v) is 10.6. The molecular formula is C15H13N3O. The molecule has 2 aromatic rings. The molecule has 4 nitrogen and oxygen atoms in total. The van der Waals surface area contributed by atoms with Crippen molar-refractivity contribution in [3.05, 3.63) is 59.4 Å². The van der Waals surface area contributed by atoms with Gasteiger partial charge in [0.25, 0.3) is 0 Å². The molecule has 0 atom stereocenters. The molecule has 0 spiro atoms. The summed E-state index contributed by atoms with van der Waals surface area (Å²) in [6.45, 7) is 2.70. The van der Waals surface area contributed by atoms with Crippen LogP contribution in [0.25, 0.3) is 6.08 Å². The molecule has 0 N–H and O–H groups in total. The topological polar surface area (TPSA) is 58.7 Å². The molecule has 0 aliphatic heterocycles. The van der Waals surface area contributed by atoms with Gasteiger partial charge >= 0.3 is 0 Å². The Morgan fingerprint density at radius 3 is 3.05 bits per heavy atom. The van der Waals surface area contributed by atoms with Gasteiger partial charge in [0.2, 0.25) is 0 Å². The number of hydrogen-bond acceptors (Lipinski definition) is 3. The number of rotatable bonds is 4. The van der Waals surface area contributed by atoms with Gasteiger partial charge in [-0.3, -0.25) is 9.48 Å². The number of benzene rings is 1. The van der Waals surface area contributed by atoms with E-state index in [4.69, 9.17) is 5.26 Å². The van der Waals surface area contributed by atoms with Crippen LogP contribution in [-0.4, -0.2) is 15.6 Å². The van der Waals surface area contributed by atoms with Gasteiger partial charge in [0.15, 0.2) is 5.78 Å². The van der Waals surface area contributed by atoms with Gasteiger partial charge in [0, 0.05) is 12.7 Å². The first-order valence-electron chi connectivity index (χ1n) is 5.98. The summed E-state index contributed by atoms with van der Waals surface area (Å²) < 4.78 is 1.71. The van der Waals surface area contributed by atoms with Gasteiger partial charge < -0.3 is 0 Å². The lowest BCUT2D eigenvalue weighted by molar-refractivity contribution is 0.104. The molecule has 0 saturated heterocycles. The third-order valence-electron chi connectivity index (χ3n) is 2.68. The molecule has 0 aliphatic rings. The van der Waals surface area contributed by atoms with Crippen LogP contribution in [-0.2, 0) is 6.54 Å². The number of nitrogens with zero attached hydrogens (tertiary/aromatic N) is 3. The average Bonchev–Trinajstić information content (AvgIpc) is 2.94. The van der Waals surface area contributed by atoms with Gasteiger partial charge in [0.1, 0.15) is 0 Å². The molecule has 1 aromatic carbocycles. The molecule has 0 unspecified atom stereocenters. The molecular weight excluding hydrogens is 238 g/mol. The van der Waals surface area contributed by atoms with E-state index >= 15 is 0 Å². The number of nitriles is 1. The SMILES string of the molecule is CCn1cc(C(=O)/C=C/c2cccc(C#N)c2)cn1. The predicted molar refractivity (Wildman–Crippen MR) is 72.4 cm³/mol. The molecule has 0 bridgehead atoms. The van der Waals surface area contributed by atoms with E-state index in [0.717, 1.165) is 12.1 Å². The number of hydrogen-bond donors (Lipinski definition) is 0. The number of carbonyl (C=O) groups excluding carboxylic acids is 1. The van der Waals surface area contributed by atoms with Crippen molar-refractivity contribution in [2.75, 3.05) is 0 Å². The lowest BCUT2D eigenvalue weighted by atomic mass is 10.1. The van der Waals surface area contributed by atoms with Gasteiger partial charge in [-0.2, -0.15) is 10.4 Å². The molecule has 0 radical (unpaired) electrons. The lowest BCUT2D eigenvalue weighted by Crippen LogP contribution is -1.94. The summed E-state index contributed by atoms with van der Waals surface area (Å²) in [5.41, 5.74) is 1.97. The molecule has 0 saturated carbocycles. The largest absolute Gasteiger partial charge is 0.289 e. The molecule has 2 rings (SSSR count). The van der Waals surface area contributed by atoms with E-state index in [2.05, 4.69) is 11.2 Å². The molecule has 4 heteroatoms. The second-order valence-corrected chi connectivity index (χ2v) is 4.02. The smallest absolute Gasteiger partial charge is 0.189 e. The van der Waals surface area contributed by atoms with Gasteiger partial charge in [-0.05, 0) is 30.7 Å². The third kappa shape index (κ3) is 3.17. The van der Waals surface area contributed by atoms with Crippen molar-refractivity contribution < 1.29 is 4.79 Å². The molecule has 1 heterocycles. The quantitative estimate of drug-likeness (QED) is 0.620. The normalized spacial score (nSPS) is 10.5. The van der Waals surface area contributed by atoms with E-state index in [1.165, 1.54) is 6.08 Å². The molecule has 0 aliphatic carbocycles. The first kappa shape index (κ1) is 12.8. The summed E-state index contributed by atoms with van der Waals surface area (Å²) in [5, 5.41) is 12.9. The van der Waals surface area contributed by atoms with Crippen molar-refractivity contribution in [2.24, 2.45) is 0 Å². The maximum Gasteiger partial charge on any atom is 0.189 e. The fraction of sp³-hybridized carbons (Fsp3) is 0.133. The fourth-order valence-electron chi connectivity index (χ4n) is 1.64. The number of ketones is 1. The van der Waals surface area contributed by atoms with Gasteiger partial charge in [0.05, 0.1) is 23.4 Å². The van der Waals surface area contributed by atoms with Crippen LogP contribution >= 0.6 is 0 Å². The van der Waals surface area contributed by atoms with Crippen LogP contribution in [0.5, 0.6) is 0 Å². The lowest BCUT2D eigenvalue weighted by Gasteiger charge is -1.94. The molecule has 1 aromatic heterocycles. The van der Waals surface area contributed by atoms with E-state index in [0.29, 0.717) is 11.1 Å². The Morgan fingerprint density at radius 2 is 2.37 bits per heavy atom. The number of allylic oxidation sites excluding steroid dienone is 1. The van der Waals surface area contributed by atoms with Crippen LogP contribution in [0.4, 0.5) is 0 Å². The summed E-state index contributed by atoms with van der Waals surface area (Å²) in [5.74, 6) is -0.0953. The maximum absolute atomic E-state index is 11.9. The molecule has 94 valence electrons. The standard InChI is InChI=1S/C15H13N3O/c1-2-18-11-14(10-17-18)15(19)7-6-12-4-3-5-13(8-12)9-16/h3-8,10-11H,2H2,1H3/b7-6+. The predicted octanol–water partition coefficient (Wildman–Crippen LogP) is 2.67. The van der Waals surface area contributed by atoms with Crippen molar-refractivity contribution in [1.82, 2.24) is 9.78 Å². The Labute approximate surface area is 111 Å². The van der Waals surface area contributed by atoms with Crippen LogP contribution in [0.1, 0.15) is 28.4 Å². The van der Waals surface area contributed by atoms with Gasteiger partial charge in [-0.15, -0.1) is 0 Å². The van der Waals surface area contributed by atoms with E-state index < -0.39 is 0 Å². The van der Waals surface area contributed by atoms with Crippen molar-refractivity contribution in [2.45, 2.75) is 13.5 Å². The summed E-state index contributed by atoms with van der Waals surface area (Å²) in [7, 11) is 0. The van der Waals surface area contributed by atoms with Gasteiger partial charge in [-0.25, -0.2) is 0 Å². The Balaban J connectivity index is 2.13. The Hall–Kier alpha value is -2.67. The van der Waals surface area contributed by atoms with E-state index in [1.54, 1.807) is 41.4 Å². The first-order valence-corrected chi connectivity index (χ1v) is 5.98. The summed E-state index contributed by atoms with van der Waals surface area (Å²) in [6.07, 6.45) is 6.47. The zero-order valence-electron chi connectivity index (χ0n) is 10.6. The Morgan fingerprint density at radius 1 is 1.53 bits per heavy atom. The van der Waals surface area contributed by atoms with Crippen molar-refractivity contribution >= 4 is 11.9 Å². The Kier molecular flexibility index (Phi) is 3.89. The minimum absolute atomic E-state index is 0.0953. The molecule has 19 heavy (non-hydrogen) atoms. The van der Waals surface area contributed by atoms with Crippen LogP contribution in [0, 0.1) is 11.3 Å². The van der Waals surface area contributed by atoms with Crippen molar-refractivity contribution in [3.8, 4) is 6.07 Å². The highest BCUT2D eigenvalue weighted by atomic mass is 16.1. The monoisotopic (exact) mass is 251 g/mol. The zero-order chi connectivity index (χ0) is 13.7. The molecule has 0 amide bonds. The first-order chi connectivity index (χ1) is 9.22. The highest BCUT2D eigenvalue weighted by Crippen LogP contribution is 2.08. The highest BCUT2D eigenvalue weighted by Gasteiger charge is 2.04. The Bertz CT molecular complexity index is 662. The third-order valence-corrected chi connectivity index (χ3v) is 2.68. The van der Waals surface area contributed by atoms with Crippen molar-refractivity contribution in [1.29, 1.82) is 5.26 Å². The van der Waals surface area contributed by atoms with Crippen molar-refractivity contribution in [3.63, 3.8) is 0 Å². The van der Waals surface area contributed by atoms with E-state index in [-0.39, 0.29) is 5.78 Å². The molecule has 0 fully saturated rings. The van der Waals surface area contributed by atoms with Crippen LogP contribution in [0.3, 0.4) is 0 Å². The van der Waals surface area contributed by atoms with Crippen LogP contribution in [0.2, 0.25) is 0 Å². The number of carbonyl (C=O) groups is 1. The number of aryl methyl sites for hydroxylation is 1. The van der Waals surface area contributed by atoms with Crippen LogP contribution < -0.4 is 0 Å².